The molecule has 0 saturated carbocycles. The highest BCUT2D eigenvalue weighted by molar-refractivity contribution is 5.81. The quantitative estimate of drug-likeness (QED) is 0.497. The minimum atomic E-state index is -1.02. The Kier molecular flexibility index (Phi) is 8.31. The molecule has 0 fully saturated rings. The topological polar surface area (TPSA) is 95.9 Å². The second-order valence-corrected chi connectivity index (χ2v) is 9.91. The zero-order valence-electron chi connectivity index (χ0n) is 20.2. The van der Waals surface area contributed by atoms with E-state index >= 15 is 0 Å². The molecule has 1 aliphatic carbocycles. The number of aliphatic carboxylic acids is 1. The molecule has 7 heteroatoms. The number of carbonyl (C=O) groups excluding carboxylic acids is 2. The lowest BCUT2D eigenvalue weighted by Gasteiger charge is -2.28. The Morgan fingerprint density at radius 2 is 1.56 bits per heavy atom. The first-order valence-electron chi connectivity index (χ1n) is 11.7. The van der Waals surface area contributed by atoms with Crippen molar-refractivity contribution in [2.75, 3.05) is 26.2 Å². The van der Waals surface area contributed by atoms with E-state index in [0.717, 1.165) is 11.1 Å². The highest BCUT2D eigenvalue weighted by atomic mass is 16.5. The number of hydrogen-bond acceptors (Lipinski definition) is 4. The Bertz CT molecular complexity index is 982. The molecule has 0 heterocycles. The van der Waals surface area contributed by atoms with E-state index in [1.807, 2.05) is 45.0 Å². The number of benzene rings is 2. The number of fused-ring (bicyclic) bond motifs is 3. The van der Waals surface area contributed by atoms with Gasteiger partial charge in [0.25, 0.3) is 0 Å². The number of nitrogens with zero attached hydrogens (tertiary/aromatic N) is 1. The number of nitrogens with one attached hydrogen (secondary N) is 1. The summed E-state index contributed by atoms with van der Waals surface area (Å²) in [5.74, 6) is -1.19. The van der Waals surface area contributed by atoms with E-state index in [1.54, 1.807) is 0 Å². The lowest BCUT2D eigenvalue weighted by molar-refractivity contribution is -0.145. The maximum Gasteiger partial charge on any atom is 0.407 e. The van der Waals surface area contributed by atoms with E-state index in [0.29, 0.717) is 25.9 Å². The van der Waals surface area contributed by atoms with Gasteiger partial charge in [-0.15, -0.1) is 0 Å². The van der Waals surface area contributed by atoms with Gasteiger partial charge in [-0.3, -0.25) is 9.59 Å². The van der Waals surface area contributed by atoms with Crippen LogP contribution in [0.2, 0.25) is 0 Å². The fourth-order valence-corrected chi connectivity index (χ4v) is 4.37. The van der Waals surface area contributed by atoms with Crippen LogP contribution in [0.4, 0.5) is 4.79 Å². The molecule has 0 unspecified atom stereocenters. The van der Waals surface area contributed by atoms with E-state index < -0.39 is 12.1 Å². The van der Waals surface area contributed by atoms with Gasteiger partial charge in [0.15, 0.2) is 0 Å². The maximum absolute atomic E-state index is 12.5. The first-order chi connectivity index (χ1) is 16.2. The van der Waals surface area contributed by atoms with Gasteiger partial charge in [-0.2, -0.15) is 0 Å². The largest absolute Gasteiger partial charge is 0.480 e. The van der Waals surface area contributed by atoms with Gasteiger partial charge < -0.3 is 20.1 Å². The molecular formula is C27H34N2O5. The van der Waals surface area contributed by atoms with Crippen molar-refractivity contribution >= 4 is 18.0 Å². The second kappa shape index (κ2) is 11.2. The van der Waals surface area contributed by atoms with E-state index in [1.165, 1.54) is 16.0 Å². The summed E-state index contributed by atoms with van der Waals surface area (Å²) in [6, 6.07) is 16.4. The SMILES string of the molecule is CC(C)(C)CN(CC(=O)O)C(=O)CCCCNC(=O)OCC1c2ccccc2-c2ccccc21. The lowest BCUT2D eigenvalue weighted by atomic mass is 9.96. The number of rotatable bonds is 10. The van der Waals surface area contributed by atoms with E-state index in [4.69, 9.17) is 9.84 Å². The van der Waals surface area contributed by atoms with Crippen LogP contribution in [0.25, 0.3) is 11.1 Å². The average Bonchev–Trinajstić information content (AvgIpc) is 3.09. The van der Waals surface area contributed by atoms with Crippen molar-refractivity contribution in [3.63, 3.8) is 0 Å². The summed E-state index contributed by atoms with van der Waals surface area (Å²) in [5.41, 5.74) is 4.50. The van der Waals surface area contributed by atoms with E-state index in [-0.39, 0.29) is 36.8 Å². The summed E-state index contributed by atoms with van der Waals surface area (Å²) in [7, 11) is 0. The standard InChI is InChI=1S/C27H34N2O5/c1-27(2,3)18-29(16-25(31)32)24(30)14-8-9-15-28-26(33)34-17-23-21-12-6-4-10-19(21)20-11-5-7-13-22(20)23/h4-7,10-13,23H,8-9,14-18H2,1-3H3,(H,28,33)(H,31,32). The fourth-order valence-electron chi connectivity index (χ4n) is 4.37. The molecule has 182 valence electrons. The van der Waals surface area contributed by atoms with E-state index in [9.17, 15) is 14.4 Å². The number of hydrogen-bond donors (Lipinski definition) is 2. The van der Waals surface area contributed by atoms with Gasteiger partial charge in [0, 0.05) is 25.4 Å². The summed E-state index contributed by atoms with van der Waals surface area (Å²) < 4.78 is 5.51. The number of carboxylic acid groups (broad SMARTS) is 1. The Labute approximate surface area is 201 Å². The molecule has 0 aromatic heterocycles. The van der Waals surface area contributed by atoms with Crippen LogP contribution in [0, 0.1) is 5.41 Å². The van der Waals surface area contributed by atoms with Crippen LogP contribution in [0.1, 0.15) is 57.1 Å². The number of alkyl carbamates (subject to hydrolysis) is 1. The molecule has 1 aliphatic rings. The summed E-state index contributed by atoms with van der Waals surface area (Å²) in [6.45, 7) is 6.63. The number of unbranched alkanes of at least 4 members (excludes halogenated alkanes) is 1. The highest BCUT2D eigenvalue weighted by Crippen LogP contribution is 2.44. The number of amides is 2. The number of carboxylic acids is 1. The van der Waals surface area contributed by atoms with Crippen LogP contribution in [0.15, 0.2) is 48.5 Å². The first-order valence-corrected chi connectivity index (χ1v) is 11.7. The van der Waals surface area contributed by atoms with Crippen LogP contribution in [-0.4, -0.2) is 54.2 Å². The van der Waals surface area contributed by atoms with Crippen molar-refractivity contribution in [1.82, 2.24) is 10.2 Å². The molecule has 2 aromatic rings. The van der Waals surface area contributed by atoms with Crippen molar-refractivity contribution in [2.45, 2.75) is 46.0 Å². The van der Waals surface area contributed by atoms with Crippen molar-refractivity contribution in [3.05, 3.63) is 59.7 Å². The van der Waals surface area contributed by atoms with Gasteiger partial charge in [-0.25, -0.2) is 4.79 Å². The molecule has 2 aromatic carbocycles. The molecule has 0 bridgehead atoms. The Balaban J connectivity index is 1.41. The minimum absolute atomic E-state index is 0.0128. The molecular weight excluding hydrogens is 432 g/mol. The predicted octanol–water partition coefficient (Wildman–Crippen LogP) is 4.65. The zero-order chi connectivity index (χ0) is 24.7. The highest BCUT2D eigenvalue weighted by Gasteiger charge is 2.29. The van der Waals surface area contributed by atoms with Crippen molar-refractivity contribution in [1.29, 1.82) is 0 Å². The average molecular weight is 467 g/mol. The Hall–Kier alpha value is -3.35. The van der Waals surface area contributed by atoms with Crippen LogP contribution < -0.4 is 5.32 Å². The van der Waals surface area contributed by atoms with Gasteiger partial charge in [0.05, 0.1) is 0 Å². The molecule has 2 amide bonds. The summed E-state index contributed by atoms with van der Waals surface area (Å²) in [6.07, 6.45) is 0.929. The third-order valence-electron chi connectivity index (χ3n) is 5.77. The van der Waals surface area contributed by atoms with Gasteiger partial charge >= 0.3 is 12.1 Å². The molecule has 0 radical (unpaired) electrons. The molecule has 3 rings (SSSR count). The third kappa shape index (κ3) is 6.83. The van der Waals surface area contributed by atoms with Crippen molar-refractivity contribution < 1.29 is 24.2 Å². The monoisotopic (exact) mass is 466 g/mol. The molecule has 0 aliphatic heterocycles. The molecule has 0 spiro atoms. The van der Waals surface area contributed by atoms with Gasteiger partial charge in [0.2, 0.25) is 5.91 Å². The normalized spacial score (nSPS) is 12.6. The van der Waals surface area contributed by atoms with Gasteiger partial charge in [0.1, 0.15) is 13.2 Å². The van der Waals surface area contributed by atoms with Crippen LogP contribution in [0.5, 0.6) is 0 Å². The van der Waals surface area contributed by atoms with Crippen LogP contribution in [-0.2, 0) is 14.3 Å². The summed E-state index contributed by atoms with van der Waals surface area (Å²) in [4.78, 5) is 37.2. The number of carbonyl (C=O) groups is 3. The third-order valence-corrected chi connectivity index (χ3v) is 5.77. The fraction of sp³-hybridized carbons (Fsp3) is 0.444. The maximum atomic E-state index is 12.5. The molecule has 7 nitrogen and oxygen atoms in total. The molecule has 2 N–H and O–H groups in total. The Morgan fingerprint density at radius 1 is 0.971 bits per heavy atom. The summed E-state index contributed by atoms with van der Waals surface area (Å²) >= 11 is 0. The second-order valence-electron chi connectivity index (χ2n) is 9.91. The van der Waals surface area contributed by atoms with Crippen molar-refractivity contribution in [3.8, 4) is 11.1 Å². The predicted molar refractivity (Wildman–Crippen MR) is 131 cm³/mol. The first kappa shape index (κ1) is 25.3. The smallest absolute Gasteiger partial charge is 0.407 e. The van der Waals surface area contributed by atoms with Crippen LogP contribution in [0.3, 0.4) is 0 Å². The van der Waals surface area contributed by atoms with Crippen LogP contribution >= 0.6 is 0 Å². The van der Waals surface area contributed by atoms with Gasteiger partial charge in [-0.1, -0.05) is 69.3 Å². The van der Waals surface area contributed by atoms with E-state index in [2.05, 4.69) is 29.6 Å². The molecule has 0 saturated heterocycles. The summed E-state index contributed by atoms with van der Waals surface area (Å²) in [5, 5.41) is 11.8. The van der Waals surface area contributed by atoms with Gasteiger partial charge in [-0.05, 0) is 40.5 Å². The Morgan fingerprint density at radius 3 is 2.12 bits per heavy atom. The molecule has 34 heavy (non-hydrogen) atoms. The number of ether oxygens (including phenoxy) is 1. The van der Waals surface area contributed by atoms with Crippen molar-refractivity contribution in [2.24, 2.45) is 5.41 Å². The zero-order valence-corrected chi connectivity index (χ0v) is 20.2. The molecule has 0 atom stereocenters. The minimum Gasteiger partial charge on any atom is -0.480 e. The lowest BCUT2D eigenvalue weighted by Crippen LogP contribution is -2.41.